The van der Waals surface area contributed by atoms with Crippen LogP contribution in [0.2, 0.25) is 0 Å². The van der Waals surface area contributed by atoms with Gasteiger partial charge in [-0.05, 0) is 26.7 Å². The number of carboxylic acid groups (broad SMARTS) is 1. The summed E-state index contributed by atoms with van der Waals surface area (Å²) in [7, 11) is 0. The van der Waals surface area contributed by atoms with Gasteiger partial charge in [0, 0.05) is 12.1 Å². The fraction of sp³-hybridized carbons (Fsp3) is 0.909. The summed E-state index contributed by atoms with van der Waals surface area (Å²) in [5, 5.41) is 21.5. The van der Waals surface area contributed by atoms with Crippen LogP contribution in [0.15, 0.2) is 0 Å². The fourth-order valence-electron chi connectivity index (χ4n) is 1.93. The van der Waals surface area contributed by atoms with Crippen LogP contribution in [0, 0.1) is 5.41 Å². The molecule has 15 heavy (non-hydrogen) atoms. The van der Waals surface area contributed by atoms with Crippen LogP contribution in [0.25, 0.3) is 0 Å². The van der Waals surface area contributed by atoms with Crippen LogP contribution in [-0.4, -0.2) is 34.9 Å². The number of aliphatic hydroxyl groups is 1. The summed E-state index contributed by atoms with van der Waals surface area (Å²) < 4.78 is 0. The first kappa shape index (κ1) is 12.5. The Morgan fingerprint density at radius 2 is 1.93 bits per heavy atom. The van der Waals surface area contributed by atoms with E-state index in [1.54, 1.807) is 13.8 Å². The second-order valence-electron chi connectivity index (χ2n) is 5.19. The van der Waals surface area contributed by atoms with Gasteiger partial charge >= 0.3 is 5.97 Å². The Kier molecular flexibility index (Phi) is 3.73. The number of carbonyl (C=O) groups is 1. The lowest BCUT2D eigenvalue weighted by Crippen LogP contribution is -2.51. The molecule has 3 N–H and O–H groups in total. The Labute approximate surface area is 90.7 Å². The van der Waals surface area contributed by atoms with Crippen molar-refractivity contribution >= 4 is 5.97 Å². The van der Waals surface area contributed by atoms with E-state index in [1.165, 1.54) is 0 Å². The Bertz CT molecular complexity index is 232. The molecule has 4 heteroatoms. The molecule has 1 aliphatic carbocycles. The molecule has 0 radical (unpaired) electrons. The summed E-state index contributed by atoms with van der Waals surface area (Å²) in [5.41, 5.74) is -1.00. The van der Waals surface area contributed by atoms with Gasteiger partial charge in [-0.1, -0.05) is 12.8 Å². The first-order valence-corrected chi connectivity index (χ1v) is 5.51. The highest BCUT2D eigenvalue weighted by Gasteiger charge is 2.36. The zero-order chi connectivity index (χ0) is 11.5. The van der Waals surface area contributed by atoms with Crippen molar-refractivity contribution in [3.63, 3.8) is 0 Å². The van der Waals surface area contributed by atoms with Crippen molar-refractivity contribution in [2.75, 3.05) is 13.2 Å². The van der Waals surface area contributed by atoms with E-state index < -0.39 is 11.4 Å². The Morgan fingerprint density at radius 1 is 1.40 bits per heavy atom. The second kappa shape index (κ2) is 4.49. The molecule has 1 rings (SSSR count). The predicted octanol–water partition coefficient (Wildman–Crippen LogP) is 0.992. The van der Waals surface area contributed by atoms with E-state index in [4.69, 9.17) is 5.11 Å². The summed E-state index contributed by atoms with van der Waals surface area (Å²) in [6.45, 7) is 3.90. The lowest BCUT2D eigenvalue weighted by Gasteiger charge is -2.32. The van der Waals surface area contributed by atoms with Crippen molar-refractivity contribution in [3.05, 3.63) is 0 Å². The average molecular weight is 215 g/mol. The van der Waals surface area contributed by atoms with Crippen molar-refractivity contribution in [1.82, 2.24) is 5.32 Å². The van der Waals surface area contributed by atoms with E-state index in [0.29, 0.717) is 6.54 Å². The summed E-state index contributed by atoms with van der Waals surface area (Å²) >= 11 is 0. The van der Waals surface area contributed by atoms with Crippen molar-refractivity contribution in [1.29, 1.82) is 0 Å². The molecule has 0 aliphatic heterocycles. The Hall–Kier alpha value is -0.610. The number of aliphatic hydroxyl groups excluding tert-OH is 1. The highest BCUT2D eigenvalue weighted by molar-refractivity contribution is 5.73. The van der Waals surface area contributed by atoms with Crippen LogP contribution in [0.4, 0.5) is 0 Å². The molecule has 1 aliphatic rings. The first-order valence-electron chi connectivity index (χ1n) is 5.51. The van der Waals surface area contributed by atoms with Gasteiger partial charge in [-0.2, -0.15) is 0 Å². The minimum atomic E-state index is -0.805. The highest BCUT2D eigenvalue weighted by Crippen LogP contribution is 2.30. The molecule has 0 heterocycles. The molecule has 0 unspecified atom stereocenters. The van der Waals surface area contributed by atoms with Gasteiger partial charge < -0.3 is 15.5 Å². The van der Waals surface area contributed by atoms with Gasteiger partial charge in [-0.3, -0.25) is 4.79 Å². The molecule has 0 bridgehead atoms. The molecule has 0 aromatic heterocycles. The molecule has 4 nitrogen and oxygen atoms in total. The van der Waals surface area contributed by atoms with Gasteiger partial charge in [0.25, 0.3) is 0 Å². The van der Waals surface area contributed by atoms with Crippen LogP contribution in [0.5, 0.6) is 0 Å². The Balaban J connectivity index is 2.51. The summed E-state index contributed by atoms with van der Waals surface area (Å²) in [6.07, 6.45) is 4.11. The van der Waals surface area contributed by atoms with E-state index in [0.717, 1.165) is 25.7 Å². The predicted molar refractivity (Wildman–Crippen MR) is 57.7 cm³/mol. The lowest BCUT2D eigenvalue weighted by atomic mass is 9.90. The van der Waals surface area contributed by atoms with Crippen molar-refractivity contribution in [3.8, 4) is 0 Å². The molecule has 88 valence electrons. The minimum Gasteiger partial charge on any atom is -0.481 e. The van der Waals surface area contributed by atoms with Crippen molar-refractivity contribution < 1.29 is 15.0 Å². The lowest BCUT2D eigenvalue weighted by molar-refractivity contribution is -0.146. The van der Waals surface area contributed by atoms with Crippen LogP contribution in [-0.2, 0) is 4.79 Å². The molecule has 0 spiro atoms. The molecule has 0 atom stereocenters. The number of nitrogens with one attached hydrogen (secondary N) is 1. The van der Waals surface area contributed by atoms with Gasteiger partial charge in [-0.25, -0.2) is 0 Å². The van der Waals surface area contributed by atoms with Crippen molar-refractivity contribution in [2.45, 2.75) is 45.1 Å². The quantitative estimate of drug-likeness (QED) is 0.639. The number of carboxylic acids is 1. The van der Waals surface area contributed by atoms with Crippen molar-refractivity contribution in [2.24, 2.45) is 5.41 Å². The molecule has 0 saturated heterocycles. The van der Waals surface area contributed by atoms with Gasteiger partial charge in [0.2, 0.25) is 0 Å². The molecule has 0 amide bonds. The smallest absolute Gasteiger partial charge is 0.310 e. The van der Waals surface area contributed by atoms with Gasteiger partial charge in [0.1, 0.15) is 0 Å². The first-order chi connectivity index (χ1) is 6.92. The normalized spacial score (nSPS) is 20.5. The third-order valence-corrected chi connectivity index (χ3v) is 3.35. The van der Waals surface area contributed by atoms with E-state index in [2.05, 4.69) is 5.32 Å². The number of hydrogen-bond donors (Lipinski definition) is 3. The van der Waals surface area contributed by atoms with Crippen LogP contribution in [0.1, 0.15) is 39.5 Å². The molecular formula is C11H21NO3. The van der Waals surface area contributed by atoms with Crippen LogP contribution >= 0.6 is 0 Å². The summed E-state index contributed by atoms with van der Waals surface area (Å²) in [4.78, 5) is 10.9. The second-order valence-corrected chi connectivity index (χ2v) is 5.19. The molecular weight excluding hydrogens is 194 g/mol. The third-order valence-electron chi connectivity index (χ3n) is 3.35. The number of hydrogen-bond acceptors (Lipinski definition) is 3. The maximum absolute atomic E-state index is 10.9. The maximum Gasteiger partial charge on any atom is 0.310 e. The van der Waals surface area contributed by atoms with Gasteiger partial charge in [0.05, 0.1) is 12.0 Å². The maximum atomic E-state index is 10.9. The largest absolute Gasteiger partial charge is 0.481 e. The zero-order valence-corrected chi connectivity index (χ0v) is 9.55. The standard InChI is InChI=1S/C11H21NO3/c1-10(2,9(14)15)7-12-11(8-13)5-3-4-6-11/h12-13H,3-8H2,1-2H3,(H,14,15). The van der Waals surface area contributed by atoms with Crippen LogP contribution in [0.3, 0.4) is 0 Å². The highest BCUT2D eigenvalue weighted by atomic mass is 16.4. The summed E-state index contributed by atoms with van der Waals surface area (Å²) in [6, 6.07) is 0. The third kappa shape index (κ3) is 2.92. The number of rotatable bonds is 5. The average Bonchev–Trinajstić information content (AvgIpc) is 2.64. The van der Waals surface area contributed by atoms with E-state index in [1.807, 2.05) is 0 Å². The van der Waals surface area contributed by atoms with E-state index in [-0.39, 0.29) is 12.1 Å². The topological polar surface area (TPSA) is 69.6 Å². The van der Waals surface area contributed by atoms with Crippen LogP contribution < -0.4 is 5.32 Å². The van der Waals surface area contributed by atoms with Gasteiger partial charge in [-0.15, -0.1) is 0 Å². The molecule has 1 fully saturated rings. The van der Waals surface area contributed by atoms with E-state index >= 15 is 0 Å². The molecule has 0 aromatic rings. The summed E-state index contributed by atoms with van der Waals surface area (Å²) in [5.74, 6) is -0.805. The fourth-order valence-corrected chi connectivity index (χ4v) is 1.93. The monoisotopic (exact) mass is 215 g/mol. The Morgan fingerprint density at radius 3 is 2.33 bits per heavy atom. The molecule has 1 saturated carbocycles. The molecule has 0 aromatic carbocycles. The van der Waals surface area contributed by atoms with Gasteiger partial charge in [0.15, 0.2) is 0 Å². The number of aliphatic carboxylic acids is 1. The minimum absolute atomic E-state index is 0.0999. The zero-order valence-electron chi connectivity index (χ0n) is 9.55. The van der Waals surface area contributed by atoms with E-state index in [9.17, 15) is 9.90 Å². The SMILES string of the molecule is CC(C)(CNC1(CO)CCCC1)C(=O)O.